The van der Waals surface area contributed by atoms with Gasteiger partial charge in [-0.25, -0.2) is 13.4 Å². The second-order valence-electron chi connectivity index (χ2n) is 2.44. The maximum absolute atomic E-state index is 11.4. The summed E-state index contributed by atoms with van der Waals surface area (Å²) in [4.78, 5) is 3.94. The van der Waals surface area contributed by atoms with Crippen molar-refractivity contribution in [2.24, 2.45) is 4.99 Å². The third kappa shape index (κ3) is 1.47. The minimum atomic E-state index is -3.45. The summed E-state index contributed by atoms with van der Waals surface area (Å²) in [5.41, 5.74) is 0.405. The van der Waals surface area contributed by atoms with Crippen molar-refractivity contribution >= 4 is 38.0 Å². The van der Waals surface area contributed by atoms with E-state index in [4.69, 9.17) is 0 Å². The Labute approximate surface area is 83.9 Å². The van der Waals surface area contributed by atoms with Gasteiger partial charge in [0.15, 0.2) is 6.34 Å². The Kier molecular flexibility index (Phi) is 1.88. The van der Waals surface area contributed by atoms with Gasteiger partial charge in [0.25, 0.3) is 10.0 Å². The minimum Gasteiger partial charge on any atom is -0.260 e. The molecule has 13 heavy (non-hydrogen) atoms. The second kappa shape index (κ2) is 2.81. The molecule has 0 unspecified atom stereocenters. The van der Waals surface area contributed by atoms with Crippen LogP contribution >= 0.6 is 15.9 Å². The molecule has 1 radical (unpaired) electrons. The van der Waals surface area contributed by atoms with Gasteiger partial charge >= 0.3 is 0 Å². The van der Waals surface area contributed by atoms with Crippen molar-refractivity contribution in [3.63, 3.8) is 0 Å². The largest absolute Gasteiger partial charge is 0.265 e. The Bertz CT molecular complexity index is 481. The van der Waals surface area contributed by atoms with Crippen molar-refractivity contribution in [1.29, 1.82) is 0 Å². The van der Waals surface area contributed by atoms with Gasteiger partial charge in [0.2, 0.25) is 0 Å². The molecule has 0 saturated carbocycles. The highest BCUT2D eigenvalue weighted by atomic mass is 79.9. The molecule has 6 heteroatoms. The normalized spacial score (nSPS) is 17.6. The maximum Gasteiger partial charge on any atom is 0.265 e. The van der Waals surface area contributed by atoms with Crippen LogP contribution in [0.5, 0.6) is 0 Å². The number of nitrogens with zero attached hydrogens (tertiary/aromatic N) is 1. The van der Waals surface area contributed by atoms with Gasteiger partial charge in [-0.05, 0) is 18.2 Å². The Morgan fingerprint density at radius 1 is 1.46 bits per heavy atom. The lowest BCUT2D eigenvalue weighted by Gasteiger charge is -2.10. The topological polar surface area (TPSA) is 58.5 Å². The number of aliphatic imine (C=N–C) groups is 1. The zero-order valence-corrected chi connectivity index (χ0v) is 8.68. The fourth-order valence-electron chi connectivity index (χ4n) is 0.994. The van der Waals surface area contributed by atoms with Crippen molar-refractivity contribution in [3.05, 3.63) is 22.7 Å². The SMILES string of the molecule is O=S1(=O)N[C]=Nc2ccc(Br)cc21. The summed E-state index contributed by atoms with van der Waals surface area (Å²) < 4.78 is 25.5. The molecule has 1 heterocycles. The zero-order chi connectivity index (χ0) is 9.47. The van der Waals surface area contributed by atoms with Crippen LogP contribution in [0.2, 0.25) is 0 Å². The van der Waals surface area contributed by atoms with Gasteiger partial charge in [0.05, 0.1) is 5.69 Å². The first-order valence-electron chi connectivity index (χ1n) is 3.37. The number of sulfonamides is 1. The molecule has 0 spiro atoms. The van der Waals surface area contributed by atoms with Crippen molar-refractivity contribution in [2.45, 2.75) is 4.90 Å². The minimum absolute atomic E-state index is 0.167. The van der Waals surface area contributed by atoms with Crippen LogP contribution in [0.1, 0.15) is 0 Å². The summed E-state index contributed by atoms with van der Waals surface area (Å²) >= 11 is 3.19. The molecule has 1 aliphatic rings. The number of fused-ring (bicyclic) bond motifs is 1. The molecule has 1 aliphatic heterocycles. The van der Waals surface area contributed by atoms with Crippen LogP contribution in [-0.4, -0.2) is 14.8 Å². The lowest BCUT2D eigenvalue weighted by atomic mass is 10.3. The second-order valence-corrected chi connectivity index (χ2v) is 5.01. The molecular weight excluding hydrogens is 256 g/mol. The standard InChI is InChI=1S/C7H4BrN2O2S/c8-5-1-2-6-7(3-5)13(11,12)10-4-9-6/h1-3H,(H,9,10). The predicted molar refractivity (Wildman–Crippen MR) is 51.6 cm³/mol. The van der Waals surface area contributed by atoms with Crippen LogP contribution in [-0.2, 0) is 10.0 Å². The van der Waals surface area contributed by atoms with Gasteiger partial charge in [0.1, 0.15) is 4.90 Å². The zero-order valence-electron chi connectivity index (χ0n) is 6.28. The van der Waals surface area contributed by atoms with E-state index < -0.39 is 10.0 Å². The number of hydrogen-bond acceptors (Lipinski definition) is 3. The van der Waals surface area contributed by atoms with Crippen LogP contribution in [0.15, 0.2) is 32.6 Å². The first-order valence-corrected chi connectivity index (χ1v) is 5.64. The van der Waals surface area contributed by atoms with Gasteiger partial charge in [-0.1, -0.05) is 15.9 Å². The summed E-state index contributed by atoms with van der Waals surface area (Å²) in [7, 11) is -3.45. The highest BCUT2D eigenvalue weighted by Gasteiger charge is 2.20. The summed E-state index contributed by atoms with van der Waals surface area (Å²) in [5, 5.41) is 0. The van der Waals surface area contributed by atoms with Gasteiger partial charge in [0, 0.05) is 4.47 Å². The summed E-state index contributed by atoms with van der Waals surface area (Å²) in [6.07, 6.45) is 2.22. The van der Waals surface area contributed by atoms with E-state index in [9.17, 15) is 8.42 Å². The fraction of sp³-hybridized carbons (Fsp3) is 0. The van der Waals surface area contributed by atoms with Gasteiger partial charge in [-0.15, -0.1) is 0 Å². The lowest BCUT2D eigenvalue weighted by Crippen LogP contribution is -2.24. The first kappa shape index (κ1) is 8.71. The molecule has 0 fully saturated rings. The average Bonchev–Trinajstić information content (AvgIpc) is 2.06. The summed E-state index contributed by atoms with van der Waals surface area (Å²) in [6.45, 7) is 0. The van der Waals surface area contributed by atoms with Crippen LogP contribution in [0.4, 0.5) is 5.69 Å². The Morgan fingerprint density at radius 3 is 3.00 bits per heavy atom. The molecule has 0 aromatic heterocycles. The third-order valence-corrected chi connectivity index (χ3v) is 3.33. The van der Waals surface area contributed by atoms with Gasteiger partial charge in [-0.2, -0.15) is 0 Å². The lowest BCUT2D eigenvalue weighted by molar-refractivity contribution is 0.592. The molecule has 0 bridgehead atoms. The predicted octanol–water partition coefficient (Wildman–Crippen LogP) is 1.28. The Hall–Kier alpha value is -0.880. The van der Waals surface area contributed by atoms with Gasteiger partial charge < -0.3 is 0 Å². The van der Waals surface area contributed by atoms with Crippen molar-refractivity contribution in [3.8, 4) is 0 Å². The van der Waals surface area contributed by atoms with E-state index in [0.29, 0.717) is 10.2 Å². The van der Waals surface area contributed by atoms with E-state index in [1.54, 1.807) is 12.1 Å². The smallest absolute Gasteiger partial charge is 0.260 e. The van der Waals surface area contributed by atoms with Crippen molar-refractivity contribution in [1.82, 2.24) is 4.72 Å². The number of hydrogen-bond donors (Lipinski definition) is 1. The number of halogens is 1. The summed E-state index contributed by atoms with van der Waals surface area (Å²) in [5.74, 6) is 0. The molecule has 0 amide bonds. The monoisotopic (exact) mass is 259 g/mol. The highest BCUT2D eigenvalue weighted by molar-refractivity contribution is 9.10. The molecule has 2 rings (SSSR count). The molecule has 0 saturated heterocycles. The highest BCUT2D eigenvalue weighted by Crippen LogP contribution is 2.28. The molecule has 0 atom stereocenters. The average molecular weight is 260 g/mol. The van der Waals surface area contributed by atoms with Gasteiger partial charge in [-0.3, -0.25) is 4.72 Å². The first-order chi connectivity index (χ1) is 6.09. The third-order valence-electron chi connectivity index (χ3n) is 1.57. The quantitative estimate of drug-likeness (QED) is 0.763. The van der Waals surface area contributed by atoms with E-state index in [1.165, 1.54) is 6.07 Å². The Balaban J connectivity index is 2.77. The molecule has 1 aromatic carbocycles. The van der Waals surface area contributed by atoms with E-state index in [2.05, 4.69) is 32.0 Å². The Morgan fingerprint density at radius 2 is 2.23 bits per heavy atom. The fourth-order valence-corrected chi connectivity index (χ4v) is 2.45. The number of nitrogens with one attached hydrogen (secondary N) is 1. The molecule has 0 aliphatic carbocycles. The van der Waals surface area contributed by atoms with Crippen molar-refractivity contribution < 1.29 is 8.42 Å². The molecule has 1 aromatic rings. The number of benzene rings is 1. The van der Waals surface area contributed by atoms with Crippen LogP contribution in [0.25, 0.3) is 0 Å². The van der Waals surface area contributed by atoms with E-state index >= 15 is 0 Å². The number of rotatable bonds is 0. The maximum atomic E-state index is 11.4. The van der Waals surface area contributed by atoms with Crippen LogP contribution in [0, 0.1) is 0 Å². The van der Waals surface area contributed by atoms with E-state index in [-0.39, 0.29) is 4.90 Å². The van der Waals surface area contributed by atoms with E-state index in [0.717, 1.165) is 0 Å². The molecule has 4 nitrogen and oxygen atoms in total. The molecular formula is C7H4BrN2O2S. The van der Waals surface area contributed by atoms with E-state index in [1.807, 2.05) is 0 Å². The molecule has 1 N–H and O–H groups in total. The molecule has 67 valence electrons. The van der Waals surface area contributed by atoms with Crippen molar-refractivity contribution in [2.75, 3.05) is 0 Å². The van der Waals surface area contributed by atoms with Crippen LogP contribution in [0.3, 0.4) is 0 Å². The summed E-state index contributed by atoms with van der Waals surface area (Å²) in [6, 6.07) is 4.84. The van der Waals surface area contributed by atoms with Crippen LogP contribution < -0.4 is 4.72 Å².